The van der Waals surface area contributed by atoms with Crippen LogP contribution in [0.4, 0.5) is 0 Å². The van der Waals surface area contributed by atoms with Gasteiger partial charge in [-0.05, 0) is 52.2 Å². The van der Waals surface area contributed by atoms with Crippen LogP contribution < -0.4 is 5.73 Å². The minimum atomic E-state index is 0.205. The maximum absolute atomic E-state index is 6.21. The second kappa shape index (κ2) is 6.67. The zero-order valence-electron chi connectivity index (χ0n) is 11.9. The van der Waals surface area contributed by atoms with E-state index in [2.05, 4.69) is 48.6 Å². The SMILES string of the molecule is CC(CC(N)Cc1ccc(Br)cn1)CC(C)(C)C. The molecule has 1 rings (SSSR count). The van der Waals surface area contributed by atoms with Crippen molar-refractivity contribution in [1.82, 2.24) is 4.98 Å². The molecular weight excluding hydrogens is 288 g/mol. The normalized spacial score (nSPS) is 15.4. The van der Waals surface area contributed by atoms with Crippen molar-refractivity contribution >= 4 is 15.9 Å². The number of hydrogen-bond acceptors (Lipinski definition) is 2. The largest absolute Gasteiger partial charge is 0.327 e. The van der Waals surface area contributed by atoms with Gasteiger partial charge in [0.2, 0.25) is 0 Å². The Balaban J connectivity index is 2.41. The molecular formula is C15H25BrN2. The standard InChI is InChI=1S/C15H25BrN2/c1-11(9-15(2,3)4)7-13(17)8-14-6-5-12(16)10-18-14/h5-6,10-11,13H,7-9,17H2,1-4H3. The molecule has 0 fully saturated rings. The number of pyridine rings is 1. The van der Waals surface area contributed by atoms with Crippen molar-refractivity contribution in [3.8, 4) is 0 Å². The van der Waals surface area contributed by atoms with Gasteiger partial charge in [-0.3, -0.25) is 4.98 Å². The van der Waals surface area contributed by atoms with Gasteiger partial charge in [-0.2, -0.15) is 0 Å². The van der Waals surface area contributed by atoms with E-state index in [4.69, 9.17) is 5.73 Å². The van der Waals surface area contributed by atoms with Gasteiger partial charge >= 0.3 is 0 Å². The van der Waals surface area contributed by atoms with Crippen molar-refractivity contribution in [2.45, 2.75) is 53.0 Å². The Morgan fingerprint density at radius 2 is 2.00 bits per heavy atom. The first-order valence-electron chi connectivity index (χ1n) is 6.62. The minimum absolute atomic E-state index is 0.205. The molecule has 18 heavy (non-hydrogen) atoms. The predicted octanol–water partition coefficient (Wildman–Crippen LogP) is 4.18. The summed E-state index contributed by atoms with van der Waals surface area (Å²) < 4.78 is 1.01. The summed E-state index contributed by atoms with van der Waals surface area (Å²) in [5.74, 6) is 0.662. The summed E-state index contributed by atoms with van der Waals surface area (Å²) in [6, 6.07) is 4.27. The molecule has 0 saturated carbocycles. The highest BCUT2D eigenvalue weighted by atomic mass is 79.9. The van der Waals surface area contributed by atoms with Crippen molar-refractivity contribution in [3.05, 3.63) is 28.5 Å². The summed E-state index contributed by atoms with van der Waals surface area (Å²) in [5, 5.41) is 0. The lowest BCUT2D eigenvalue weighted by Gasteiger charge is -2.25. The van der Waals surface area contributed by atoms with Gasteiger partial charge in [-0.25, -0.2) is 0 Å². The number of aromatic nitrogens is 1. The van der Waals surface area contributed by atoms with E-state index >= 15 is 0 Å². The van der Waals surface area contributed by atoms with Crippen molar-refractivity contribution in [1.29, 1.82) is 0 Å². The van der Waals surface area contributed by atoms with Gasteiger partial charge in [-0.1, -0.05) is 27.7 Å². The Kier molecular flexibility index (Phi) is 5.80. The minimum Gasteiger partial charge on any atom is -0.327 e. The lowest BCUT2D eigenvalue weighted by atomic mass is 9.82. The molecule has 0 aromatic carbocycles. The van der Waals surface area contributed by atoms with Gasteiger partial charge in [0, 0.05) is 28.8 Å². The zero-order chi connectivity index (χ0) is 13.8. The molecule has 3 heteroatoms. The van der Waals surface area contributed by atoms with E-state index in [0.717, 1.165) is 23.0 Å². The van der Waals surface area contributed by atoms with Crippen molar-refractivity contribution in [2.24, 2.45) is 17.1 Å². The molecule has 1 aromatic rings. The second-order valence-electron chi connectivity index (χ2n) is 6.54. The summed E-state index contributed by atoms with van der Waals surface area (Å²) in [4.78, 5) is 4.37. The first kappa shape index (κ1) is 15.6. The van der Waals surface area contributed by atoms with Gasteiger partial charge in [0.1, 0.15) is 0 Å². The van der Waals surface area contributed by atoms with E-state index in [1.165, 1.54) is 6.42 Å². The Bertz CT molecular complexity index is 354. The molecule has 0 spiro atoms. The van der Waals surface area contributed by atoms with E-state index < -0.39 is 0 Å². The Labute approximate surface area is 120 Å². The molecule has 2 nitrogen and oxygen atoms in total. The maximum Gasteiger partial charge on any atom is 0.0419 e. The molecule has 2 N–H and O–H groups in total. The lowest BCUT2D eigenvalue weighted by Crippen LogP contribution is -2.27. The molecule has 0 aliphatic rings. The van der Waals surface area contributed by atoms with Crippen LogP contribution in [0.5, 0.6) is 0 Å². The van der Waals surface area contributed by atoms with Gasteiger partial charge in [0.15, 0.2) is 0 Å². The highest BCUT2D eigenvalue weighted by Gasteiger charge is 2.17. The maximum atomic E-state index is 6.21. The summed E-state index contributed by atoms with van der Waals surface area (Å²) in [7, 11) is 0. The molecule has 102 valence electrons. The molecule has 2 atom stereocenters. The first-order valence-corrected chi connectivity index (χ1v) is 7.41. The highest BCUT2D eigenvalue weighted by molar-refractivity contribution is 9.10. The Morgan fingerprint density at radius 1 is 1.33 bits per heavy atom. The number of nitrogens with zero attached hydrogens (tertiary/aromatic N) is 1. The quantitative estimate of drug-likeness (QED) is 0.886. The topological polar surface area (TPSA) is 38.9 Å². The third-order valence-corrected chi connectivity index (χ3v) is 3.40. The number of nitrogens with two attached hydrogens (primary N) is 1. The molecule has 1 aromatic heterocycles. The van der Waals surface area contributed by atoms with Crippen molar-refractivity contribution < 1.29 is 0 Å². The molecule has 0 amide bonds. The van der Waals surface area contributed by atoms with Gasteiger partial charge in [-0.15, -0.1) is 0 Å². The molecule has 0 aliphatic heterocycles. The van der Waals surface area contributed by atoms with Crippen molar-refractivity contribution in [3.63, 3.8) is 0 Å². The Morgan fingerprint density at radius 3 is 2.50 bits per heavy atom. The monoisotopic (exact) mass is 312 g/mol. The fourth-order valence-corrected chi connectivity index (χ4v) is 2.76. The van der Waals surface area contributed by atoms with Crippen LogP contribution >= 0.6 is 15.9 Å². The number of halogens is 1. The lowest BCUT2D eigenvalue weighted by molar-refractivity contribution is 0.285. The van der Waals surface area contributed by atoms with Crippen LogP contribution in [0, 0.1) is 11.3 Å². The van der Waals surface area contributed by atoms with E-state index in [9.17, 15) is 0 Å². The molecule has 0 aliphatic carbocycles. The van der Waals surface area contributed by atoms with Crippen LogP contribution in [-0.4, -0.2) is 11.0 Å². The smallest absolute Gasteiger partial charge is 0.0419 e. The fraction of sp³-hybridized carbons (Fsp3) is 0.667. The van der Waals surface area contributed by atoms with Crippen LogP contribution in [0.3, 0.4) is 0 Å². The van der Waals surface area contributed by atoms with Gasteiger partial charge in [0.25, 0.3) is 0 Å². The van der Waals surface area contributed by atoms with Crippen LogP contribution in [0.25, 0.3) is 0 Å². The van der Waals surface area contributed by atoms with Crippen LogP contribution in [-0.2, 0) is 6.42 Å². The summed E-state index contributed by atoms with van der Waals surface area (Å²) >= 11 is 3.39. The summed E-state index contributed by atoms with van der Waals surface area (Å²) in [6.07, 6.45) is 4.98. The predicted molar refractivity (Wildman–Crippen MR) is 81.5 cm³/mol. The second-order valence-corrected chi connectivity index (χ2v) is 7.45. The molecule has 1 heterocycles. The first-order chi connectivity index (χ1) is 8.26. The fourth-order valence-electron chi connectivity index (χ4n) is 2.52. The number of hydrogen-bond donors (Lipinski definition) is 1. The average Bonchev–Trinajstić information content (AvgIpc) is 2.18. The van der Waals surface area contributed by atoms with E-state index in [1.807, 2.05) is 18.3 Å². The molecule has 0 radical (unpaired) electrons. The third kappa shape index (κ3) is 6.50. The average molecular weight is 313 g/mol. The summed E-state index contributed by atoms with van der Waals surface area (Å²) in [5.41, 5.74) is 7.67. The zero-order valence-corrected chi connectivity index (χ0v) is 13.5. The van der Waals surface area contributed by atoms with E-state index in [1.54, 1.807) is 0 Å². The third-order valence-electron chi connectivity index (χ3n) is 2.93. The van der Waals surface area contributed by atoms with Gasteiger partial charge in [0.05, 0.1) is 0 Å². The highest BCUT2D eigenvalue weighted by Crippen LogP contribution is 2.26. The van der Waals surface area contributed by atoms with Crippen LogP contribution in [0.15, 0.2) is 22.8 Å². The van der Waals surface area contributed by atoms with Crippen LogP contribution in [0.2, 0.25) is 0 Å². The molecule has 2 unspecified atom stereocenters. The Hall–Kier alpha value is -0.410. The van der Waals surface area contributed by atoms with Gasteiger partial charge < -0.3 is 5.73 Å². The molecule has 0 bridgehead atoms. The van der Waals surface area contributed by atoms with Crippen molar-refractivity contribution in [2.75, 3.05) is 0 Å². The van der Waals surface area contributed by atoms with E-state index in [-0.39, 0.29) is 6.04 Å². The van der Waals surface area contributed by atoms with Crippen LogP contribution in [0.1, 0.15) is 46.2 Å². The molecule has 0 saturated heterocycles. The van der Waals surface area contributed by atoms with E-state index in [0.29, 0.717) is 11.3 Å². The number of rotatable bonds is 5. The summed E-state index contributed by atoms with van der Waals surface area (Å²) in [6.45, 7) is 9.14.